The van der Waals surface area contributed by atoms with E-state index >= 15 is 0 Å². The fourth-order valence-electron chi connectivity index (χ4n) is 8.77. The van der Waals surface area contributed by atoms with Crippen LogP contribution in [-0.4, -0.2) is 62.0 Å². The molecular formula is C37H41N5O. The molecule has 220 valence electrons. The number of amides is 1. The van der Waals surface area contributed by atoms with Gasteiger partial charge >= 0.3 is 0 Å². The number of carbonyl (C=O) groups excluding carboxylic acids is 1. The zero-order valence-electron chi connectivity index (χ0n) is 25.1. The first-order valence-electron chi connectivity index (χ1n) is 16.2. The van der Waals surface area contributed by atoms with E-state index in [9.17, 15) is 4.79 Å². The monoisotopic (exact) mass is 571 g/mol. The van der Waals surface area contributed by atoms with Crippen LogP contribution >= 0.6 is 0 Å². The van der Waals surface area contributed by atoms with E-state index in [1.54, 1.807) is 0 Å². The third-order valence-electron chi connectivity index (χ3n) is 11.0. The Hall–Kier alpha value is -3.90. The van der Waals surface area contributed by atoms with Crippen LogP contribution in [0.25, 0.3) is 21.9 Å². The minimum absolute atomic E-state index is 0.106. The molecule has 5 aromatic rings. The lowest BCUT2D eigenvalue weighted by atomic mass is 9.70. The Morgan fingerprint density at radius 1 is 0.907 bits per heavy atom. The number of likely N-dealkylation sites (tertiary alicyclic amines) is 1. The maximum Gasteiger partial charge on any atom is 0.253 e. The van der Waals surface area contributed by atoms with E-state index in [0.717, 1.165) is 66.7 Å². The van der Waals surface area contributed by atoms with Crippen LogP contribution in [0.5, 0.6) is 0 Å². The molecule has 3 atom stereocenters. The predicted molar refractivity (Wildman–Crippen MR) is 172 cm³/mol. The number of aromatic amines is 1. The number of H-pyrrole nitrogens is 1. The number of rotatable bonds is 6. The highest BCUT2D eigenvalue weighted by Crippen LogP contribution is 2.45. The Labute approximate surface area is 253 Å². The van der Waals surface area contributed by atoms with Crippen molar-refractivity contribution in [2.45, 2.75) is 75.4 Å². The summed E-state index contributed by atoms with van der Waals surface area (Å²) in [5, 5.41) is 1.14. The molecule has 2 bridgehead atoms. The second-order valence-electron chi connectivity index (χ2n) is 13.2. The second kappa shape index (κ2) is 10.7. The number of hydrogen-bond acceptors (Lipinski definition) is 3. The van der Waals surface area contributed by atoms with Gasteiger partial charge in [0.2, 0.25) is 0 Å². The van der Waals surface area contributed by atoms with Crippen molar-refractivity contribution in [3.05, 3.63) is 102 Å². The van der Waals surface area contributed by atoms with Gasteiger partial charge in [-0.05, 0) is 105 Å². The second-order valence-corrected chi connectivity index (χ2v) is 13.2. The zero-order valence-corrected chi connectivity index (χ0v) is 25.1. The summed E-state index contributed by atoms with van der Waals surface area (Å²) >= 11 is 0. The molecule has 6 nitrogen and oxygen atoms in total. The van der Waals surface area contributed by atoms with Crippen molar-refractivity contribution in [3.8, 4) is 0 Å². The number of piperidine rings is 2. The van der Waals surface area contributed by atoms with Crippen molar-refractivity contribution >= 4 is 27.8 Å². The summed E-state index contributed by atoms with van der Waals surface area (Å²) in [6, 6.07) is 29.7. The topological polar surface area (TPSA) is 57.2 Å². The zero-order chi connectivity index (χ0) is 29.0. The molecule has 1 unspecified atom stereocenters. The van der Waals surface area contributed by atoms with Crippen LogP contribution in [-0.2, 0) is 5.41 Å². The van der Waals surface area contributed by atoms with Gasteiger partial charge in [0.15, 0.2) is 0 Å². The van der Waals surface area contributed by atoms with Crippen molar-refractivity contribution in [2.75, 3.05) is 19.6 Å². The fourth-order valence-corrected chi connectivity index (χ4v) is 8.77. The Morgan fingerprint density at radius 3 is 2.44 bits per heavy atom. The number of imidazole rings is 1. The quantitative estimate of drug-likeness (QED) is 0.233. The molecule has 2 aromatic heterocycles. The molecule has 3 aliphatic heterocycles. The van der Waals surface area contributed by atoms with Crippen LogP contribution in [0.1, 0.15) is 72.7 Å². The van der Waals surface area contributed by atoms with Crippen LogP contribution in [0.2, 0.25) is 0 Å². The number of para-hydroxylation sites is 2. The molecule has 0 saturated carbocycles. The van der Waals surface area contributed by atoms with Gasteiger partial charge in [-0.3, -0.25) is 9.69 Å². The van der Waals surface area contributed by atoms with Gasteiger partial charge in [-0.15, -0.1) is 0 Å². The molecule has 1 amide bonds. The largest absolute Gasteiger partial charge is 0.361 e. The number of fused-ring (bicyclic) bond motifs is 4. The summed E-state index contributed by atoms with van der Waals surface area (Å²) in [6.07, 6.45) is 10.1. The van der Waals surface area contributed by atoms with Gasteiger partial charge < -0.3 is 14.5 Å². The van der Waals surface area contributed by atoms with Gasteiger partial charge in [0.25, 0.3) is 5.91 Å². The highest BCUT2D eigenvalue weighted by Gasteiger charge is 2.44. The number of aromatic nitrogens is 3. The molecule has 3 aromatic carbocycles. The van der Waals surface area contributed by atoms with Gasteiger partial charge in [-0.2, -0.15) is 0 Å². The van der Waals surface area contributed by atoms with Crippen molar-refractivity contribution < 1.29 is 4.79 Å². The predicted octanol–water partition coefficient (Wildman–Crippen LogP) is 7.26. The Morgan fingerprint density at radius 2 is 1.65 bits per heavy atom. The van der Waals surface area contributed by atoms with Crippen LogP contribution < -0.4 is 0 Å². The molecule has 8 rings (SSSR count). The molecule has 3 fully saturated rings. The summed E-state index contributed by atoms with van der Waals surface area (Å²) in [4.78, 5) is 26.6. The Bertz CT molecular complexity index is 1750. The maximum absolute atomic E-state index is 13.5. The molecule has 0 aliphatic carbocycles. The number of carbonyl (C=O) groups is 1. The minimum Gasteiger partial charge on any atom is -0.361 e. The molecule has 3 aliphatic rings. The molecule has 3 saturated heterocycles. The lowest BCUT2D eigenvalue weighted by Gasteiger charge is -2.45. The number of hydrogen-bond donors (Lipinski definition) is 1. The minimum atomic E-state index is 0.106. The molecule has 0 radical (unpaired) electrons. The van der Waals surface area contributed by atoms with Crippen molar-refractivity contribution in [2.24, 2.45) is 0 Å². The summed E-state index contributed by atoms with van der Waals surface area (Å²) < 4.78 is 2.53. The van der Waals surface area contributed by atoms with Crippen LogP contribution in [0, 0.1) is 6.92 Å². The molecular weight excluding hydrogens is 530 g/mol. The molecule has 6 heteroatoms. The van der Waals surface area contributed by atoms with Crippen molar-refractivity contribution in [3.63, 3.8) is 0 Å². The standard InChI is InChI=1S/C37H41N5O/c1-26-39-33-9-5-6-10-35(33)42(26)32-24-30-13-14-31(25-32)41(30)22-18-37(29-7-3-2-4-8-29)16-20-40(21-17-37)36(43)28-12-11-27-15-19-38-34(27)23-28/h2-12,15,19,23,30-32,38H,13-14,16-18,20-22,24-25H2,1H3/t30-,31+,32?. The lowest BCUT2D eigenvalue weighted by Crippen LogP contribution is -2.49. The SMILES string of the molecule is Cc1nc2ccccc2n1C1C[C@H]2CC[C@@H](C1)N2CCC1(c2ccccc2)CCN(C(=O)c2ccc3cc[nH]c3c2)CC1. The molecule has 1 N–H and O–H groups in total. The van der Waals surface area contributed by atoms with E-state index in [-0.39, 0.29) is 11.3 Å². The number of nitrogens with one attached hydrogen (secondary N) is 1. The van der Waals surface area contributed by atoms with Crippen LogP contribution in [0.15, 0.2) is 85.1 Å². The van der Waals surface area contributed by atoms with E-state index in [2.05, 4.69) is 80.9 Å². The van der Waals surface area contributed by atoms with Gasteiger partial charge in [-0.25, -0.2) is 4.98 Å². The first-order chi connectivity index (χ1) is 21.1. The van der Waals surface area contributed by atoms with Gasteiger partial charge in [0.05, 0.1) is 11.0 Å². The highest BCUT2D eigenvalue weighted by molar-refractivity contribution is 5.98. The average molecular weight is 572 g/mol. The first-order valence-corrected chi connectivity index (χ1v) is 16.2. The summed E-state index contributed by atoms with van der Waals surface area (Å²) in [5.41, 5.74) is 5.76. The number of nitrogens with zero attached hydrogens (tertiary/aromatic N) is 4. The number of benzene rings is 3. The number of aryl methyl sites for hydroxylation is 1. The fraction of sp³-hybridized carbons (Fsp3) is 0.405. The maximum atomic E-state index is 13.5. The normalized spacial score (nSPS) is 23.7. The molecule has 0 spiro atoms. The third-order valence-corrected chi connectivity index (χ3v) is 11.0. The van der Waals surface area contributed by atoms with Crippen molar-refractivity contribution in [1.29, 1.82) is 0 Å². The smallest absolute Gasteiger partial charge is 0.253 e. The summed E-state index contributed by atoms with van der Waals surface area (Å²) in [5.74, 6) is 1.30. The van der Waals surface area contributed by atoms with Crippen LogP contribution in [0.4, 0.5) is 0 Å². The average Bonchev–Trinajstić information content (AvgIpc) is 3.72. The first kappa shape index (κ1) is 26.7. The Balaban J connectivity index is 0.980. The van der Waals surface area contributed by atoms with Gasteiger partial charge in [0, 0.05) is 48.5 Å². The molecule has 43 heavy (non-hydrogen) atoms. The van der Waals surface area contributed by atoms with E-state index in [4.69, 9.17) is 4.98 Å². The third kappa shape index (κ3) is 4.67. The van der Waals surface area contributed by atoms with E-state index in [1.165, 1.54) is 36.8 Å². The van der Waals surface area contributed by atoms with Crippen LogP contribution in [0.3, 0.4) is 0 Å². The summed E-state index contributed by atoms with van der Waals surface area (Å²) in [7, 11) is 0. The van der Waals surface area contributed by atoms with Gasteiger partial charge in [0.1, 0.15) is 5.82 Å². The molecule has 5 heterocycles. The lowest BCUT2D eigenvalue weighted by molar-refractivity contribution is 0.0607. The Kier molecular flexibility index (Phi) is 6.63. The van der Waals surface area contributed by atoms with Gasteiger partial charge in [-0.1, -0.05) is 48.5 Å². The van der Waals surface area contributed by atoms with Crippen molar-refractivity contribution in [1.82, 2.24) is 24.3 Å². The van der Waals surface area contributed by atoms with E-state index < -0.39 is 0 Å². The highest BCUT2D eigenvalue weighted by atomic mass is 16.2. The van der Waals surface area contributed by atoms with E-state index in [1.807, 2.05) is 30.5 Å². The van der Waals surface area contributed by atoms with E-state index in [0.29, 0.717) is 18.1 Å². The summed E-state index contributed by atoms with van der Waals surface area (Å²) in [6.45, 7) is 4.92.